The van der Waals surface area contributed by atoms with Crippen molar-refractivity contribution in [3.8, 4) is 0 Å². The van der Waals surface area contributed by atoms with Crippen molar-refractivity contribution in [1.29, 1.82) is 0 Å². The summed E-state index contributed by atoms with van der Waals surface area (Å²) in [5.74, 6) is 0.744. The molecule has 0 radical (unpaired) electrons. The predicted molar refractivity (Wildman–Crippen MR) is 111 cm³/mol. The molecular weight excluding hydrogens is 386 g/mol. The van der Waals surface area contributed by atoms with E-state index >= 15 is 0 Å². The molecule has 0 fully saturated rings. The summed E-state index contributed by atoms with van der Waals surface area (Å²) in [4.78, 5) is 4.87. The summed E-state index contributed by atoms with van der Waals surface area (Å²) >= 11 is 3.48. The third-order valence-corrected chi connectivity index (χ3v) is 4.92. The zero-order chi connectivity index (χ0) is 17.9. The summed E-state index contributed by atoms with van der Waals surface area (Å²) < 4.78 is 1.04. The normalized spacial score (nSPS) is 13.2. The number of hydrazone groups is 1. The van der Waals surface area contributed by atoms with E-state index in [2.05, 4.69) is 58.6 Å². The van der Waals surface area contributed by atoms with Gasteiger partial charge in [0, 0.05) is 21.2 Å². The molecule has 3 nitrogen and oxygen atoms in total. The number of benzene rings is 3. The second-order valence-corrected chi connectivity index (χ2v) is 7.03. The lowest BCUT2D eigenvalue weighted by Crippen LogP contribution is -2.19. The Balaban J connectivity index is 1.87. The lowest BCUT2D eigenvalue weighted by Gasteiger charge is -2.09. The number of nitrogens with zero attached hydrogens (tertiary/aromatic N) is 2. The largest absolute Gasteiger partial charge is 0.260 e. The number of aliphatic imine (C=N–C) groups is 1. The van der Waals surface area contributed by atoms with Crippen LogP contribution in [0.4, 0.5) is 5.69 Å². The fourth-order valence-electron chi connectivity index (χ4n) is 2.96. The summed E-state index contributed by atoms with van der Waals surface area (Å²) in [7, 11) is 0. The van der Waals surface area contributed by atoms with Gasteiger partial charge in [-0.05, 0) is 36.2 Å². The van der Waals surface area contributed by atoms with Crippen molar-refractivity contribution in [3.63, 3.8) is 0 Å². The third-order valence-electron chi connectivity index (χ3n) is 4.40. The Kier molecular flexibility index (Phi) is 4.67. The van der Waals surface area contributed by atoms with Crippen molar-refractivity contribution in [1.82, 2.24) is 5.43 Å². The van der Waals surface area contributed by atoms with E-state index in [1.54, 1.807) is 0 Å². The van der Waals surface area contributed by atoms with Crippen LogP contribution < -0.4 is 5.43 Å². The lowest BCUT2D eigenvalue weighted by molar-refractivity contribution is 1.03. The van der Waals surface area contributed by atoms with Crippen LogP contribution in [0.25, 0.3) is 0 Å². The maximum Gasteiger partial charge on any atom is 0.154 e. The van der Waals surface area contributed by atoms with Gasteiger partial charge in [-0.15, -0.1) is 0 Å². The van der Waals surface area contributed by atoms with E-state index in [-0.39, 0.29) is 0 Å². The molecule has 3 aromatic carbocycles. The number of amidine groups is 1. The highest BCUT2D eigenvalue weighted by molar-refractivity contribution is 9.10. The van der Waals surface area contributed by atoms with Crippen molar-refractivity contribution < 1.29 is 0 Å². The quantitative estimate of drug-likeness (QED) is 0.620. The van der Waals surface area contributed by atoms with Gasteiger partial charge in [0.05, 0.1) is 11.4 Å². The molecule has 0 atom stereocenters. The number of fused-ring (bicyclic) bond motifs is 1. The summed E-state index contributed by atoms with van der Waals surface area (Å²) in [5, 5.41) is 4.71. The number of hydrogen-bond acceptors (Lipinski definition) is 3. The molecular formula is C22H18BrN3. The second-order valence-electron chi connectivity index (χ2n) is 6.11. The molecule has 0 aliphatic carbocycles. The fraction of sp³-hybridized carbons (Fsp3) is 0.0909. The van der Waals surface area contributed by atoms with Gasteiger partial charge in [0.15, 0.2) is 5.84 Å². The minimum Gasteiger partial charge on any atom is -0.260 e. The lowest BCUT2D eigenvalue weighted by atomic mass is 9.98. The zero-order valence-electron chi connectivity index (χ0n) is 14.4. The van der Waals surface area contributed by atoms with Gasteiger partial charge in [-0.3, -0.25) is 5.43 Å². The molecule has 1 aliphatic rings. The maximum absolute atomic E-state index is 4.87. The Hall–Kier alpha value is -2.72. The summed E-state index contributed by atoms with van der Waals surface area (Å²) in [6.45, 7) is 2.16. The highest BCUT2D eigenvalue weighted by Crippen LogP contribution is 2.27. The molecule has 0 bridgehead atoms. The number of halogens is 1. The molecule has 0 saturated heterocycles. The van der Waals surface area contributed by atoms with Gasteiger partial charge in [0.25, 0.3) is 0 Å². The number of nitrogens with one attached hydrogen (secondary N) is 1. The van der Waals surface area contributed by atoms with Gasteiger partial charge < -0.3 is 0 Å². The minimum atomic E-state index is 0.744. The van der Waals surface area contributed by atoms with E-state index in [9.17, 15) is 0 Å². The van der Waals surface area contributed by atoms with Crippen molar-refractivity contribution in [2.24, 2.45) is 10.1 Å². The van der Waals surface area contributed by atoms with Crippen molar-refractivity contribution in [2.75, 3.05) is 0 Å². The Bertz CT molecular complexity index is 990. The Morgan fingerprint density at radius 1 is 0.885 bits per heavy atom. The van der Waals surface area contributed by atoms with Crippen LogP contribution >= 0.6 is 15.9 Å². The smallest absolute Gasteiger partial charge is 0.154 e. The molecule has 0 saturated carbocycles. The predicted octanol–water partition coefficient (Wildman–Crippen LogP) is 5.45. The molecule has 4 rings (SSSR count). The monoisotopic (exact) mass is 403 g/mol. The van der Waals surface area contributed by atoms with Crippen LogP contribution in [0.3, 0.4) is 0 Å². The maximum atomic E-state index is 4.87. The first kappa shape index (κ1) is 16.7. The first-order chi connectivity index (χ1) is 12.7. The Labute approximate surface area is 161 Å². The minimum absolute atomic E-state index is 0.744. The standard InChI is InChI=1S/C22H18BrN3/c1-2-15-8-13-20-19(14-15)21(16-6-4-3-5-7-16)25-26-22(24-20)17-9-11-18(23)12-10-17/h3-14H,2H2,1H3,(H,24,26). The molecule has 0 spiro atoms. The highest BCUT2D eigenvalue weighted by atomic mass is 79.9. The molecule has 3 aromatic rings. The van der Waals surface area contributed by atoms with Crippen LogP contribution in [-0.2, 0) is 6.42 Å². The van der Waals surface area contributed by atoms with Crippen LogP contribution in [0.5, 0.6) is 0 Å². The SMILES string of the molecule is CCc1ccc2c(c1)C(c1ccccc1)=NNC(c1ccc(Br)cc1)=N2. The number of hydrogen-bond donors (Lipinski definition) is 1. The van der Waals surface area contributed by atoms with Crippen LogP contribution in [0.15, 0.2) is 87.4 Å². The molecule has 4 heteroatoms. The van der Waals surface area contributed by atoms with Crippen molar-refractivity contribution in [2.45, 2.75) is 13.3 Å². The van der Waals surface area contributed by atoms with Gasteiger partial charge in [0.2, 0.25) is 0 Å². The van der Waals surface area contributed by atoms with Crippen LogP contribution in [0, 0.1) is 0 Å². The van der Waals surface area contributed by atoms with Gasteiger partial charge in [0.1, 0.15) is 0 Å². The third kappa shape index (κ3) is 3.33. The second kappa shape index (κ2) is 7.26. The first-order valence-electron chi connectivity index (χ1n) is 8.61. The number of aryl methyl sites for hydroxylation is 1. The van der Waals surface area contributed by atoms with E-state index in [0.717, 1.165) is 44.8 Å². The number of rotatable bonds is 3. The molecule has 1 heterocycles. The summed E-state index contributed by atoms with van der Waals surface area (Å²) in [6, 6.07) is 24.7. The highest BCUT2D eigenvalue weighted by Gasteiger charge is 2.17. The van der Waals surface area contributed by atoms with E-state index in [0.29, 0.717) is 0 Å². The Morgan fingerprint density at radius 2 is 1.65 bits per heavy atom. The average molecular weight is 404 g/mol. The fourth-order valence-corrected chi connectivity index (χ4v) is 3.22. The van der Waals surface area contributed by atoms with Crippen LogP contribution in [0.1, 0.15) is 29.2 Å². The molecule has 0 aromatic heterocycles. The molecule has 1 aliphatic heterocycles. The van der Waals surface area contributed by atoms with Crippen molar-refractivity contribution >= 4 is 33.2 Å². The van der Waals surface area contributed by atoms with Crippen molar-refractivity contribution in [3.05, 3.63) is 99.5 Å². The van der Waals surface area contributed by atoms with E-state index < -0.39 is 0 Å². The average Bonchev–Trinajstić information content (AvgIpc) is 2.88. The van der Waals surface area contributed by atoms with Gasteiger partial charge in [-0.25, -0.2) is 4.99 Å². The molecule has 0 unspecified atom stereocenters. The summed E-state index contributed by atoms with van der Waals surface area (Å²) in [5.41, 5.74) is 9.40. The van der Waals surface area contributed by atoms with Crippen LogP contribution in [-0.4, -0.2) is 11.5 Å². The van der Waals surface area contributed by atoms with Gasteiger partial charge in [-0.1, -0.05) is 71.4 Å². The van der Waals surface area contributed by atoms with Crippen LogP contribution in [0.2, 0.25) is 0 Å². The Morgan fingerprint density at radius 3 is 2.38 bits per heavy atom. The molecule has 26 heavy (non-hydrogen) atoms. The van der Waals surface area contributed by atoms with E-state index in [1.807, 2.05) is 42.5 Å². The van der Waals surface area contributed by atoms with E-state index in [1.165, 1.54) is 5.56 Å². The topological polar surface area (TPSA) is 36.8 Å². The molecule has 128 valence electrons. The first-order valence-corrected chi connectivity index (χ1v) is 9.41. The zero-order valence-corrected chi connectivity index (χ0v) is 16.0. The molecule has 1 N–H and O–H groups in total. The van der Waals surface area contributed by atoms with Gasteiger partial charge in [-0.2, -0.15) is 5.10 Å². The van der Waals surface area contributed by atoms with Gasteiger partial charge >= 0.3 is 0 Å². The van der Waals surface area contributed by atoms with E-state index in [4.69, 9.17) is 10.1 Å². The molecule has 0 amide bonds. The summed E-state index contributed by atoms with van der Waals surface area (Å²) in [6.07, 6.45) is 0.978.